The standard InChI is InChI=1S/C12H18N4O3/c13-5-4-10-15-9(7-19-10)12(18)16-8-3-1-2-6-14-11(8)17/h7-8H,1-6,13H2,(H,14,17)(H,16,18). The van der Waals surface area contributed by atoms with Crippen molar-refractivity contribution in [3.05, 3.63) is 17.8 Å². The molecule has 4 N–H and O–H groups in total. The third-order valence-electron chi connectivity index (χ3n) is 2.98. The quantitative estimate of drug-likeness (QED) is 0.685. The average Bonchev–Trinajstić information content (AvgIpc) is 2.77. The van der Waals surface area contributed by atoms with Crippen molar-refractivity contribution < 1.29 is 14.0 Å². The number of carbonyl (C=O) groups is 2. The van der Waals surface area contributed by atoms with Crippen molar-refractivity contribution in [1.29, 1.82) is 0 Å². The maximum atomic E-state index is 11.9. The second-order valence-corrected chi connectivity index (χ2v) is 4.48. The van der Waals surface area contributed by atoms with Crippen LogP contribution in [-0.2, 0) is 11.2 Å². The number of oxazole rings is 1. The minimum absolute atomic E-state index is 0.142. The smallest absolute Gasteiger partial charge is 0.273 e. The molecule has 1 atom stereocenters. The molecule has 1 fully saturated rings. The third kappa shape index (κ3) is 3.54. The Morgan fingerprint density at radius 2 is 2.42 bits per heavy atom. The molecule has 104 valence electrons. The molecule has 19 heavy (non-hydrogen) atoms. The van der Waals surface area contributed by atoms with Crippen molar-refractivity contribution in [3.8, 4) is 0 Å². The molecule has 7 nitrogen and oxygen atoms in total. The van der Waals surface area contributed by atoms with Gasteiger partial charge in [-0.05, 0) is 19.3 Å². The molecule has 0 bridgehead atoms. The van der Waals surface area contributed by atoms with E-state index in [1.165, 1.54) is 6.26 Å². The normalized spacial score (nSPS) is 19.6. The highest BCUT2D eigenvalue weighted by Crippen LogP contribution is 2.07. The van der Waals surface area contributed by atoms with Crippen LogP contribution < -0.4 is 16.4 Å². The van der Waals surface area contributed by atoms with Gasteiger partial charge in [0, 0.05) is 19.5 Å². The largest absolute Gasteiger partial charge is 0.448 e. The van der Waals surface area contributed by atoms with Crippen molar-refractivity contribution in [2.75, 3.05) is 13.1 Å². The van der Waals surface area contributed by atoms with E-state index in [2.05, 4.69) is 15.6 Å². The summed E-state index contributed by atoms with van der Waals surface area (Å²) in [6, 6.07) is -0.496. The molecular formula is C12H18N4O3. The van der Waals surface area contributed by atoms with Gasteiger partial charge in [0.25, 0.3) is 5.91 Å². The minimum atomic E-state index is -0.496. The molecule has 2 heterocycles. The Balaban J connectivity index is 1.96. The predicted molar refractivity (Wildman–Crippen MR) is 67.4 cm³/mol. The van der Waals surface area contributed by atoms with E-state index < -0.39 is 11.9 Å². The van der Waals surface area contributed by atoms with Gasteiger partial charge in [-0.1, -0.05) is 0 Å². The topological polar surface area (TPSA) is 110 Å². The summed E-state index contributed by atoms with van der Waals surface area (Å²) in [5.74, 6) is -0.108. The van der Waals surface area contributed by atoms with Crippen LogP contribution in [0.2, 0.25) is 0 Å². The first-order valence-corrected chi connectivity index (χ1v) is 6.43. The van der Waals surface area contributed by atoms with Crippen LogP contribution in [0.15, 0.2) is 10.7 Å². The first kappa shape index (κ1) is 13.5. The Hall–Kier alpha value is -1.89. The van der Waals surface area contributed by atoms with E-state index in [9.17, 15) is 9.59 Å². The van der Waals surface area contributed by atoms with Gasteiger partial charge in [0.1, 0.15) is 12.3 Å². The average molecular weight is 266 g/mol. The maximum Gasteiger partial charge on any atom is 0.273 e. The van der Waals surface area contributed by atoms with Crippen LogP contribution in [0.1, 0.15) is 35.6 Å². The Morgan fingerprint density at radius 3 is 3.21 bits per heavy atom. The number of nitrogens with one attached hydrogen (secondary N) is 2. The fourth-order valence-corrected chi connectivity index (χ4v) is 1.96. The van der Waals surface area contributed by atoms with Gasteiger partial charge in [-0.25, -0.2) is 4.98 Å². The van der Waals surface area contributed by atoms with Gasteiger partial charge >= 0.3 is 0 Å². The fraction of sp³-hybridized carbons (Fsp3) is 0.583. The first-order valence-electron chi connectivity index (χ1n) is 6.43. The molecule has 2 amide bonds. The summed E-state index contributed by atoms with van der Waals surface area (Å²) >= 11 is 0. The predicted octanol–water partition coefficient (Wildman–Crippen LogP) is -0.426. The van der Waals surface area contributed by atoms with Gasteiger partial charge in [0.05, 0.1) is 0 Å². The highest BCUT2D eigenvalue weighted by Gasteiger charge is 2.24. The zero-order valence-electron chi connectivity index (χ0n) is 10.6. The van der Waals surface area contributed by atoms with Crippen molar-refractivity contribution in [3.63, 3.8) is 0 Å². The van der Waals surface area contributed by atoms with Gasteiger partial charge in [0.2, 0.25) is 5.91 Å². The Morgan fingerprint density at radius 1 is 1.58 bits per heavy atom. The van der Waals surface area contributed by atoms with E-state index in [1.807, 2.05) is 0 Å². The van der Waals surface area contributed by atoms with Crippen LogP contribution in [0.25, 0.3) is 0 Å². The van der Waals surface area contributed by atoms with Gasteiger partial charge in [-0.15, -0.1) is 0 Å². The number of hydrogen-bond donors (Lipinski definition) is 3. The number of nitrogens with two attached hydrogens (primary N) is 1. The summed E-state index contributed by atoms with van der Waals surface area (Å²) in [6.07, 6.45) is 4.25. The van der Waals surface area contributed by atoms with Gasteiger partial charge in [-0.3, -0.25) is 9.59 Å². The van der Waals surface area contributed by atoms with Crippen LogP contribution in [0.5, 0.6) is 0 Å². The molecule has 1 aliphatic heterocycles. The van der Waals surface area contributed by atoms with Crippen molar-refractivity contribution in [2.45, 2.75) is 31.7 Å². The van der Waals surface area contributed by atoms with Crippen LogP contribution in [0.3, 0.4) is 0 Å². The van der Waals surface area contributed by atoms with E-state index in [4.69, 9.17) is 10.2 Å². The molecule has 1 aromatic heterocycles. The van der Waals surface area contributed by atoms with Crippen LogP contribution in [0.4, 0.5) is 0 Å². The summed E-state index contributed by atoms with van der Waals surface area (Å²) in [6.45, 7) is 1.07. The summed E-state index contributed by atoms with van der Waals surface area (Å²) in [5.41, 5.74) is 5.56. The number of aromatic nitrogens is 1. The SMILES string of the molecule is NCCc1nc(C(=O)NC2CCCCNC2=O)co1. The highest BCUT2D eigenvalue weighted by atomic mass is 16.3. The van der Waals surface area contributed by atoms with Crippen LogP contribution in [0, 0.1) is 0 Å². The summed E-state index contributed by atoms with van der Waals surface area (Å²) in [4.78, 5) is 27.7. The van der Waals surface area contributed by atoms with Crippen LogP contribution in [-0.4, -0.2) is 35.9 Å². The van der Waals surface area contributed by atoms with Crippen molar-refractivity contribution in [1.82, 2.24) is 15.6 Å². The Kier molecular flexibility index (Phi) is 4.51. The van der Waals surface area contributed by atoms with E-state index >= 15 is 0 Å². The van der Waals surface area contributed by atoms with Gasteiger partial charge < -0.3 is 20.8 Å². The third-order valence-corrected chi connectivity index (χ3v) is 2.98. The molecular weight excluding hydrogens is 248 g/mol. The highest BCUT2D eigenvalue weighted by molar-refractivity contribution is 5.95. The second kappa shape index (κ2) is 6.33. The van der Waals surface area contributed by atoms with E-state index in [0.717, 1.165) is 12.8 Å². The summed E-state index contributed by atoms with van der Waals surface area (Å²) < 4.78 is 5.11. The molecule has 0 aromatic carbocycles. The molecule has 1 saturated heterocycles. The maximum absolute atomic E-state index is 11.9. The molecule has 0 radical (unpaired) electrons. The van der Waals surface area contributed by atoms with E-state index in [-0.39, 0.29) is 11.6 Å². The van der Waals surface area contributed by atoms with Gasteiger partial charge in [-0.2, -0.15) is 0 Å². The number of rotatable bonds is 4. The molecule has 2 rings (SSSR count). The van der Waals surface area contributed by atoms with Crippen molar-refractivity contribution >= 4 is 11.8 Å². The monoisotopic (exact) mass is 266 g/mol. The number of carbonyl (C=O) groups excluding carboxylic acids is 2. The molecule has 0 aliphatic carbocycles. The van der Waals surface area contributed by atoms with E-state index in [0.29, 0.717) is 31.8 Å². The molecule has 1 aromatic rings. The summed E-state index contributed by atoms with van der Waals surface area (Å²) in [7, 11) is 0. The van der Waals surface area contributed by atoms with Crippen LogP contribution >= 0.6 is 0 Å². The Bertz CT molecular complexity index is 458. The van der Waals surface area contributed by atoms with Gasteiger partial charge in [0.15, 0.2) is 11.6 Å². The lowest BCUT2D eigenvalue weighted by molar-refractivity contribution is -0.122. The Labute approximate surface area is 110 Å². The zero-order valence-corrected chi connectivity index (χ0v) is 10.6. The molecule has 7 heteroatoms. The molecule has 1 aliphatic rings. The fourth-order valence-electron chi connectivity index (χ4n) is 1.96. The zero-order chi connectivity index (χ0) is 13.7. The van der Waals surface area contributed by atoms with E-state index in [1.54, 1.807) is 0 Å². The first-order chi connectivity index (χ1) is 9.20. The number of hydrogen-bond acceptors (Lipinski definition) is 5. The lowest BCUT2D eigenvalue weighted by Gasteiger charge is -2.13. The minimum Gasteiger partial charge on any atom is -0.448 e. The molecule has 1 unspecified atom stereocenters. The molecule has 0 spiro atoms. The lowest BCUT2D eigenvalue weighted by atomic mass is 10.1. The second-order valence-electron chi connectivity index (χ2n) is 4.48. The molecule has 0 saturated carbocycles. The number of nitrogens with zero attached hydrogens (tertiary/aromatic N) is 1. The summed E-state index contributed by atoms with van der Waals surface area (Å²) in [5, 5.41) is 5.44. The van der Waals surface area contributed by atoms with Crippen molar-refractivity contribution in [2.24, 2.45) is 5.73 Å². The lowest BCUT2D eigenvalue weighted by Crippen LogP contribution is -2.45. The number of amides is 2.